The van der Waals surface area contributed by atoms with Crippen LogP contribution in [0.1, 0.15) is 16.1 Å². The van der Waals surface area contributed by atoms with E-state index in [4.69, 9.17) is 9.72 Å². The summed E-state index contributed by atoms with van der Waals surface area (Å²) in [5, 5.41) is 1.91. The number of rotatable bonds is 6. The summed E-state index contributed by atoms with van der Waals surface area (Å²) in [7, 11) is 1.65. The molecule has 6 nitrogen and oxygen atoms in total. The maximum atomic E-state index is 13.3. The third-order valence-corrected chi connectivity index (χ3v) is 6.77. The first-order valence-electron chi connectivity index (χ1n) is 11.1. The van der Waals surface area contributed by atoms with Crippen molar-refractivity contribution >= 4 is 28.3 Å². The SMILES string of the molecule is COc1cccc(-c2cn3c(C(=O)N4CCN(C/C=C/c5ccccc5)CC4)csc3n2)c1. The van der Waals surface area contributed by atoms with Crippen LogP contribution in [0.2, 0.25) is 0 Å². The molecule has 2 aromatic heterocycles. The lowest BCUT2D eigenvalue weighted by Crippen LogP contribution is -2.48. The van der Waals surface area contributed by atoms with Gasteiger partial charge in [0.15, 0.2) is 4.96 Å². The number of carbonyl (C=O) groups excluding carboxylic acids is 1. The van der Waals surface area contributed by atoms with Crippen LogP contribution in [0, 0.1) is 0 Å². The quantitative estimate of drug-likeness (QED) is 0.426. The molecule has 0 N–H and O–H groups in total. The number of methoxy groups -OCH3 is 1. The fraction of sp³-hybridized carbons (Fsp3) is 0.231. The van der Waals surface area contributed by atoms with Crippen molar-refractivity contribution in [3.05, 3.63) is 83.5 Å². The molecular formula is C26H26N4O2S. The summed E-state index contributed by atoms with van der Waals surface area (Å²) in [5.41, 5.74) is 3.70. The van der Waals surface area contributed by atoms with E-state index in [1.54, 1.807) is 7.11 Å². The molecule has 7 heteroatoms. The zero-order valence-electron chi connectivity index (χ0n) is 18.6. The Bertz CT molecular complexity index is 1270. The molecule has 0 spiro atoms. The summed E-state index contributed by atoms with van der Waals surface area (Å²) < 4.78 is 7.24. The number of nitrogens with zero attached hydrogens (tertiary/aromatic N) is 4. The van der Waals surface area contributed by atoms with Gasteiger partial charge in [-0.1, -0.05) is 54.6 Å². The van der Waals surface area contributed by atoms with Crippen molar-refractivity contribution in [2.45, 2.75) is 0 Å². The van der Waals surface area contributed by atoms with E-state index in [-0.39, 0.29) is 5.91 Å². The molecule has 1 aliphatic heterocycles. The molecule has 1 aliphatic rings. The lowest BCUT2D eigenvalue weighted by atomic mass is 10.1. The van der Waals surface area contributed by atoms with Gasteiger partial charge in [-0.05, 0) is 17.7 Å². The van der Waals surface area contributed by atoms with Crippen molar-refractivity contribution in [2.75, 3.05) is 39.8 Å². The topological polar surface area (TPSA) is 50.1 Å². The minimum atomic E-state index is 0.0651. The number of fused-ring (bicyclic) bond motifs is 1. The number of amides is 1. The predicted molar refractivity (Wildman–Crippen MR) is 133 cm³/mol. The number of hydrogen-bond donors (Lipinski definition) is 0. The van der Waals surface area contributed by atoms with Gasteiger partial charge >= 0.3 is 0 Å². The number of hydrogen-bond acceptors (Lipinski definition) is 5. The molecule has 168 valence electrons. The molecule has 0 atom stereocenters. The number of carbonyl (C=O) groups is 1. The highest BCUT2D eigenvalue weighted by Crippen LogP contribution is 2.27. The summed E-state index contributed by atoms with van der Waals surface area (Å²) in [6.45, 7) is 4.10. The van der Waals surface area contributed by atoms with E-state index < -0.39 is 0 Å². The Balaban J connectivity index is 1.23. The van der Waals surface area contributed by atoms with Crippen LogP contribution in [0.3, 0.4) is 0 Å². The minimum Gasteiger partial charge on any atom is -0.497 e. The van der Waals surface area contributed by atoms with E-state index in [1.165, 1.54) is 16.9 Å². The number of piperazine rings is 1. The van der Waals surface area contributed by atoms with Gasteiger partial charge in [0.25, 0.3) is 5.91 Å². The Labute approximate surface area is 197 Å². The van der Waals surface area contributed by atoms with E-state index in [2.05, 4.69) is 29.2 Å². The fourth-order valence-corrected chi connectivity index (χ4v) is 4.90. The van der Waals surface area contributed by atoms with Crippen LogP contribution < -0.4 is 4.74 Å². The van der Waals surface area contributed by atoms with Gasteiger partial charge in [-0.3, -0.25) is 14.1 Å². The molecule has 4 aromatic rings. The van der Waals surface area contributed by atoms with Crippen LogP contribution >= 0.6 is 11.3 Å². The van der Waals surface area contributed by atoms with Gasteiger partial charge in [-0.15, -0.1) is 11.3 Å². The molecule has 0 unspecified atom stereocenters. The second kappa shape index (κ2) is 9.60. The first-order valence-corrected chi connectivity index (χ1v) is 11.9. The molecule has 3 heterocycles. The zero-order valence-corrected chi connectivity index (χ0v) is 19.4. The molecule has 0 radical (unpaired) electrons. The van der Waals surface area contributed by atoms with Gasteiger partial charge in [-0.2, -0.15) is 0 Å². The first kappa shape index (κ1) is 21.4. The minimum absolute atomic E-state index is 0.0651. The Morgan fingerprint density at radius 3 is 2.70 bits per heavy atom. The lowest BCUT2D eigenvalue weighted by Gasteiger charge is -2.34. The van der Waals surface area contributed by atoms with E-state index in [1.807, 2.05) is 63.3 Å². The number of aromatic nitrogens is 2. The van der Waals surface area contributed by atoms with Crippen molar-refractivity contribution in [1.29, 1.82) is 0 Å². The van der Waals surface area contributed by atoms with Crippen molar-refractivity contribution in [3.63, 3.8) is 0 Å². The first-order chi connectivity index (χ1) is 16.2. The van der Waals surface area contributed by atoms with Gasteiger partial charge in [0.1, 0.15) is 11.4 Å². The van der Waals surface area contributed by atoms with E-state index in [0.717, 1.165) is 54.7 Å². The molecule has 0 saturated carbocycles. The molecule has 33 heavy (non-hydrogen) atoms. The van der Waals surface area contributed by atoms with Crippen LogP contribution in [0.4, 0.5) is 0 Å². The van der Waals surface area contributed by atoms with Crippen LogP contribution in [0.15, 0.2) is 72.3 Å². The number of imidazole rings is 1. The Hall–Kier alpha value is -3.42. The van der Waals surface area contributed by atoms with Crippen LogP contribution in [0.25, 0.3) is 22.3 Å². The highest BCUT2D eigenvalue weighted by Gasteiger charge is 2.24. The molecular weight excluding hydrogens is 432 g/mol. The monoisotopic (exact) mass is 458 g/mol. The van der Waals surface area contributed by atoms with E-state index >= 15 is 0 Å². The third kappa shape index (κ3) is 4.69. The van der Waals surface area contributed by atoms with E-state index in [0.29, 0.717) is 5.69 Å². The summed E-state index contributed by atoms with van der Waals surface area (Å²) in [5.74, 6) is 0.854. The molecule has 2 aromatic carbocycles. The van der Waals surface area contributed by atoms with Gasteiger partial charge < -0.3 is 9.64 Å². The van der Waals surface area contributed by atoms with Crippen LogP contribution in [-0.4, -0.2) is 64.9 Å². The molecule has 0 aliphatic carbocycles. The highest BCUT2D eigenvalue weighted by atomic mass is 32.1. The van der Waals surface area contributed by atoms with Crippen molar-refractivity contribution in [2.24, 2.45) is 0 Å². The van der Waals surface area contributed by atoms with Crippen molar-refractivity contribution in [1.82, 2.24) is 19.2 Å². The standard InChI is InChI=1S/C26H26N4O2S/c1-32-22-11-5-10-21(17-22)23-18-30-24(19-33-26(30)27-23)25(31)29-15-13-28(14-16-29)12-6-9-20-7-3-2-4-8-20/h2-11,17-19H,12-16H2,1H3/b9-6+. The van der Waals surface area contributed by atoms with Crippen molar-refractivity contribution < 1.29 is 9.53 Å². The lowest BCUT2D eigenvalue weighted by molar-refractivity contribution is 0.0644. The second-order valence-electron chi connectivity index (χ2n) is 8.04. The van der Waals surface area contributed by atoms with Crippen molar-refractivity contribution in [3.8, 4) is 17.0 Å². The van der Waals surface area contributed by atoms with Crippen LogP contribution in [0.5, 0.6) is 5.75 Å². The average Bonchev–Trinajstić information content (AvgIpc) is 3.46. The highest BCUT2D eigenvalue weighted by molar-refractivity contribution is 7.15. The number of ether oxygens (including phenoxy) is 1. The van der Waals surface area contributed by atoms with Gasteiger partial charge in [0, 0.05) is 49.9 Å². The maximum Gasteiger partial charge on any atom is 0.271 e. The Morgan fingerprint density at radius 1 is 1.09 bits per heavy atom. The normalized spacial score (nSPS) is 14.9. The summed E-state index contributed by atoms with van der Waals surface area (Å²) >= 11 is 1.49. The number of benzene rings is 2. The van der Waals surface area contributed by atoms with E-state index in [9.17, 15) is 4.79 Å². The second-order valence-corrected chi connectivity index (χ2v) is 8.87. The fourth-order valence-electron chi connectivity index (χ4n) is 4.06. The predicted octanol–water partition coefficient (Wildman–Crippen LogP) is 4.54. The smallest absolute Gasteiger partial charge is 0.271 e. The largest absolute Gasteiger partial charge is 0.497 e. The Morgan fingerprint density at radius 2 is 1.91 bits per heavy atom. The van der Waals surface area contributed by atoms with Gasteiger partial charge in [0.2, 0.25) is 0 Å². The number of thiazole rings is 1. The molecule has 0 bridgehead atoms. The zero-order chi connectivity index (χ0) is 22.6. The summed E-state index contributed by atoms with van der Waals surface area (Å²) in [4.78, 5) is 23.1. The summed E-state index contributed by atoms with van der Waals surface area (Å²) in [6.07, 6.45) is 6.29. The van der Waals surface area contributed by atoms with Gasteiger partial charge in [0.05, 0.1) is 12.8 Å². The molecule has 1 amide bonds. The molecule has 1 saturated heterocycles. The average molecular weight is 459 g/mol. The maximum absolute atomic E-state index is 13.3. The van der Waals surface area contributed by atoms with Crippen LogP contribution in [-0.2, 0) is 0 Å². The Kier molecular flexibility index (Phi) is 6.24. The molecule has 5 rings (SSSR count). The summed E-state index contributed by atoms with van der Waals surface area (Å²) in [6, 6.07) is 18.1. The van der Waals surface area contributed by atoms with Gasteiger partial charge in [-0.25, -0.2) is 4.98 Å². The third-order valence-electron chi connectivity index (χ3n) is 5.93. The molecule has 1 fully saturated rings.